The van der Waals surface area contributed by atoms with Crippen LogP contribution in [-0.4, -0.2) is 46.5 Å². The molecule has 0 saturated carbocycles. The highest BCUT2D eigenvalue weighted by molar-refractivity contribution is 5.50. The third-order valence-corrected chi connectivity index (χ3v) is 7.47. The quantitative estimate of drug-likeness (QED) is 0.568. The molecular weight excluding hydrogens is 400 g/mol. The van der Waals surface area contributed by atoms with Gasteiger partial charge in [-0.15, -0.1) is 0 Å². The molecule has 0 aliphatic carbocycles. The van der Waals surface area contributed by atoms with Gasteiger partial charge in [0.1, 0.15) is 5.82 Å². The second-order valence-corrected chi connectivity index (χ2v) is 10.0. The Hall–Kier alpha value is -2.00. The molecule has 0 bridgehead atoms. The fraction of sp³-hybridized carbons (Fsp3) is 0.667. The van der Waals surface area contributed by atoms with Crippen molar-refractivity contribution in [3.8, 4) is 0 Å². The minimum atomic E-state index is 0.198. The Balaban J connectivity index is 1.40. The molecule has 5 rings (SSSR count). The molecule has 0 aromatic carbocycles. The van der Waals surface area contributed by atoms with Gasteiger partial charge in [-0.3, -0.25) is 10.1 Å². The van der Waals surface area contributed by atoms with E-state index in [9.17, 15) is 0 Å². The summed E-state index contributed by atoms with van der Waals surface area (Å²) in [7, 11) is 0. The number of hydrazine groups is 1. The van der Waals surface area contributed by atoms with Gasteiger partial charge in [0, 0.05) is 62.0 Å². The summed E-state index contributed by atoms with van der Waals surface area (Å²) in [4.78, 5) is 7.69. The first kappa shape index (κ1) is 21.8. The largest absolute Gasteiger partial charge is 0.355 e. The van der Waals surface area contributed by atoms with E-state index in [2.05, 4.69) is 65.3 Å². The Morgan fingerprint density at radius 2 is 2.12 bits per heavy atom. The van der Waals surface area contributed by atoms with Gasteiger partial charge in [0.15, 0.2) is 0 Å². The maximum atomic E-state index is 6.31. The van der Waals surface area contributed by atoms with E-state index in [0.717, 1.165) is 57.0 Å². The molecule has 8 nitrogen and oxygen atoms in total. The Kier molecular flexibility index (Phi) is 6.20. The summed E-state index contributed by atoms with van der Waals surface area (Å²) < 4.78 is 2.01. The van der Waals surface area contributed by atoms with Crippen LogP contribution in [0.15, 0.2) is 24.5 Å². The topological polar surface area (TPSA) is 96.1 Å². The van der Waals surface area contributed by atoms with Crippen molar-refractivity contribution >= 4 is 5.82 Å². The molecule has 32 heavy (non-hydrogen) atoms. The summed E-state index contributed by atoms with van der Waals surface area (Å²) in [6.07, 6.45) is 7.49. The lowest BCUT2D eigenvalue weighted by Gasteiger charge is -2.35. The van der Waals surface area contributed by atoms with Gasteiger partial charge in [0.2, 0.25) is 0 Å². The third kappa shape index (κ3) is 4.17. The lowest BCUT2D eigenvalue weighted by atomic mass is 9.81. The minimum absolute atomic E-state index is 0.198. The molecule has 3 saturated heterocycles. The summed E-state index contributed by atoms with van der Waals surface area (Å²) in [6, 6.07) is 5.69. The molecule has 8 heteroatoms. The highest BCUT2D eigenvalue weighted by Gasteiger charge is 2.42. The van der Waals surface area contributed by atoms with E-state index < -0.39 is 0 Å². The number of nitrogens with one attached hydrogen (secondary N) is 3. The summed E-state index contributed by atoms with van der Waals surface area (Å²) >= 11 is 0. The second kappa shape index (κ2) is 9.09. The lowest BCUT2D eigenvalue weighted by molar-refractivity contribution is 0.265. The van der Waals surface area contributed by atoms with E-state index in [1.165, 1.54) is 11.1 Å². The van der Waals surface area contributed by atoms with E-state index in [4.69, 9.17) is 10.7 Å². The second-order valence-electron chi connectivity index (χ2n) is 10.0. The van der Waals surface area contributed by atoms with Gasteiger partial charge in [-0.1, -0.05) is 19.9 Å². The average Bonchev–Trinajstić information content (AvgIpc) is 3.45. The predicted octanol–water partition coefficient (Wildman–Crippen LogP) is 2.22. The first-order valence-corrected chi connectivity index (χ1v) is 12.3. The predicted molar refractivity (Wildman–Crippen MR) is 127 cm³/mol. The Morgan fingerprint density at radius 1 is 1.25 bits per heavy atom. The number of pyridine rings is 1. The van der Waals surface area contributed by atoms with E-state index in [-0.39, 0.29) is 12.1 Å². The molecule has 174 valence electrons. The Morgan fingerprint density at radius 3 is 2.88 bits per heavy atom. The van der Waals surface area contributed by atoms with Gasteiger partial charge in [-0.05, 0) is 43.7 Å². The van der Waals surface area contributed by atoms with Gasteiger partial charge >= 0.3 is 0 Å². The van der Waals surface area contributed by atoms with Crippen LogP contribution in [0.3, 0.4) is 0 Å². The van der Waals surface area contributed by atoms with Gasteiger partial charge in [0.05, 0.1) is 17.9 Å². The van der Waals surface area contributed by atoms with Crippen molar-refractivity contribution in [3.63, 3.8) is 0 Å². The number of nitrogens with two attached hydrogens (primary N) is 1. The van der Waals surface area contributed by atoms with Crippen molar-refractivity contribution in [3.05, 3.63) is 41.3 Å². The molecule has 3 aliphatic rings. The first-order chi connectivity index (χ1) is 15.5. The Bertz CT molecular complexity index is 924. The number of rotatable bonds is 5. The number of hydrogen-bond donors (Lipinski definition) is 4. The number of fused-ring (bicyclic) bond motifs is 1. The smallest absolute Gasteiger partial charge is 0.132 e. The number of aryl methyl sites for hydroxylation is 1. The Labute approximate surface area is 191 Å². The van der Waals surface area contributed by atoms with E-state index >= 15 is 0 Å². The highest BCUT2D eigenvalue weighted by Crippen LogP contribution is 2.39. The van der Waals surface area contributed by atoms with E-state index in [1.807, 2.05) is 10.9 Å². The van der Waals surface area contributed by atoms with Crippen LogP contribution < -0.4 is 26.8 Å². The molecule has 2 aromatic heterocycles. The fourth-order valence-corrected chi connectivity index (χ4v) is 5.60. The minimum Gasteiger partial charge on any atom is -0.355 e. The number of hydrogen-bond acceptors (Lipinski definition) is 7. The summed E-state index contributed by atoms with van der Waals surface area (Å²) in [5.74, 6) is 2.04. The van der Waals surface area contributed by atoms with Crippen LogP contribution in [-0.2, 0) is 6.54 Å². The fourth-order valence-electron chi connectivity index (χ4n) is 5.60. The van der Waals surface area contributed by atoms with E-state index in [1.54, 1.807) is 0 Å². The van der Waals surface area contributed by atoms with Crippen LogP contribution in [0.1, 0.15) is 74.9 Å². The molecule has 5 heterocycles. The van der Waals surface area contributed by atoms with Crippen LogP contribution in [0.5, 0.6) is 0 Å². The standard InChI is InChI=1S/C24H38N8/c1-4-32-13-16(11-27-32)21-10-19-22(12-26-21)29-30-23(19)20-8-7-18(15(2)3)24(28-20)31-9-5-6-17(25)14-31/h7-8,11,13,15,17,19,21-23,26,29-30H,4-6,9-10,12,14,25H2,1-3H3/t17-,19?,21?,22?,23?/m0/s1. The summed E-state index contributed by atoms with van der Waals surface area (Å²) in [5, 5.41) is 8.20. The SMILES string of the molecule is CCn1cc(C2CC3C(CN2)NNC3c2ccc(C(C)C)c(N3CCC[C@H](N)C3)n2)cn1. The molecule has 0 spiro atoms. The number of aromatic nitrogens is 3. The van der Waals surface area contributed by atoms with Crippen molar-refractivity contribution in [2.24, 2.45) is 11.7 Å². The zero-order valence-corrected chi connectivity index (χ0v) is 19.6. The van der Waals surface area contributed by atoms with Gasteiger partial charge in [-0.2, -0.15) is 5.10 Å². The number of nitrogens with zero attached hydrogens (tertiary/aromatic N) is 4. The summed E-state index contributed by atoms with van der Waals surface area (Å²) in [5.41, 5.74) is 17.2. The highest BCUT2D eigenvalue weighted by atomic mass is 15.4. The van der Waals surface area contributed by atoms with Crippen LogP contribution in [0.25, 0.3) is 0 Å². The zero-order chi connectivity index (χ0) is 22.2. The van der Waals surface area contributed by atoms with Crippen LogP contribution in [0.4, 0.5) is 5.82 Å². The molecule has 5 N–H and O–H groups in total. The molecule has 3 aliphatic heterocycles. The molecule has 5 atom stereocenters. The number of anilines is 1. The van der Waals surface area contributed by atoms with Crippen LogP contribution in [0.2, 0.25) is 0 Å². The summed E-state index contributed by atoms with van der Waals surface area (Å²) in [6.45, 7) is 10.4. The van der Waals surface area contributed by atoms with Crippen molar-refractivity contribution < 1.29 is 0 Å². The molecule has 0 amide bonds. The molecular formula is C24H38N8. The number of piperidine rings is 2. The van der Waals surface area contributed by atoms with Crippen molar-refractivity contribution in [1.29, 1.82) is 0 Å². The monoisotopic (exact) mass is 438 g/mol. The molecule has 2 aromatic rings. The molecule has 0 radical (unpaired) electrons. The lowest BCUT2D eigenvalue weighted by Crippen LogP contribution is -2.46. The normalized spacial score (nSPS) is 30.7. The van der Waals surface area contributed by atoms with Gasteiger partial charge < -0.3 is 16.0 Å². The zero-order valence-electron chi connectivity index (χ0n) is 19.6. The third-order valence-electron chi connectivity index (χ3n) is 7.47. The first-order valence-electron chi connectivity index (χ1n) is 12.3. The van der Waals surface area contributed by atoms with Gasteiger partial charge in [0.25, 0.3) is 0 Å². The maximum absolute atomic E-state index is 6.31. The van der Waals surface area contributed by atoms with Crippen molar-refractivity contribution in [1.82, 2.24) is 30.9 Å². The maximum Gasteiger partial charge on any atom is 0.132 e. The van der Waals surface area contributed by atoms with Gasteiger partial charge in [-0.25, -0.2) is 10.4 Å². The van der Waals surface area contributed by atoms with Crippen LogP contribution in [0, 0.1) is 5.92 Å². The molecule has 3 fully saturated rings. The molecule has 4 unspecified atom stereocenters. The van der Waals surface area contributed by atoms with E-state index in [0.29, 0.717) is 23.9 Å². The average molecular weight is 439 g/mol. The van der Waals surface area contributed by atoms with Crippen LogP contribution >= 0.6 is 0 Å². The van der Waals surface area contributed by atoms with Crippen molar-refractivity contribution in [2.75, 3.05) is 24.5 Å². The van der Waals surface area contributed by atoms with Crippen molar-refractivity contribution in [2.45, 2.75) is 76.7 Å².